The van der Waals surface area contributed by atoms with Crippen LogP contribution in [0.5, 0.6) is 11.8 Å². The lowest BCUT2D eigenvalue weighted by Crippen LogP contribution is -2.08. The summed E-state index contributed by atoms with van der Waals surface area (Å²) < 4.78 is 5.87. The molecule has 10 nitrogen and oxygen atoms in total. The largest absolute Gasteiger partial charge is 0.424 e. The Hall–Kier alpha value is -4.52. The van der Waals surface area contributed by atoms with E-state index in [4.69, 9.17) is 10.00 Å². The van der Waals surface area contributed by atoms with Crippen molar-refractivity contribution < 1.29 is 4.74 Å². The summed E-state index contributed by atoms with van der Waals surface area (Å²) in [4.78, 5) is 17.4. The molecule has 0 bridgehead atoms. The van der Waals surface area contributed by atoms with Crippen LogP contribution in [0.3, 0.4) is 0 Å². The predicted octanol–water partition coefficient (Wildman–Crippen LogP) is 4.08. The van der Waals surface area contributed by atoms with E-state index in [-0.39, 0.29) is 6.01 Å². The predicted molar refractivity (Wildman–Crippen MR) is 121 cm³/mol. The van der Waals surface area contributed by atoms with E-state index in [1.54, 1.807) is 24.5 Å². The molecule has 3 heterocycles. The zero-order valence-electron chi connectivity index (χ0n) is 17.7. The monoisotopic (exact) mass is 439 g/mol. The Kier molecular flexibility index (Phi) is 5.75. The summed E-state index contributed by atoms with van der Waals surface area (Å²) in [5.41, 5.74) is 3.01. The highest BCUT2D eigenvalue weighted by Gasteiger charge is 2.25. The SMILES string of the molecule is N#CCc1ccc(Oc2nc(NCc3cccnc3)nc(Nc3cc(C4CC4)[nH]n3)n2)cc1. The maximum atomic E-state index is 8.84. The molecule has 5 rings (SSSR count). The molecule has 3 aromatic heterocycles. The second kappa shape index (κ2) is 9.32. The normalized spacial score (nSPS) is 12.7. The number of nitrogens with zero attached hydrogens (tertiary/aromatic N) is 6. The number of H-pyrrole nitrogens is 1. The first-order valence-corrected chi connectivity index (χ1v) is 10.6. The Bertz CT molecular complexity index is 1260. The number of anilines is 3. The minimum Gasteiger partial charge on any atom is -0.424 e. The number of nitrogens with one attached hydrogen (secondary N) is 3. The molecule has 1 saturated carbocycles. The number of rotatable bonds is 9. The van der Waals surface area contributed by atoms with Crippen LogP contribution in [0.1, 0.15) is 35.6 Å². The lowest BCUT2D eigenvalue weighted by atomic mass is 10.2. The van der Waals surface area contributed by atoms with E-state index >= 15 is 0 Å². The Balaban J connectivity index is 1.36. The van der Waals surface area contributed by atoms with Gasteiger partial charge in [-0.1, -0.05) is 18.2 Å². The number of aromatic amines is 1. The van der Waals surface area contributed by atoms with E-state index in [2.05, 4.69) is 46.8 Å². The second-order valence-corrected chi connectivity index (χ2v) is 7.67. The van der Waals surface area contributed by atoms with Gasteiger partial charge in [-0.05, 0) is 42.2 Å². The van der Waals surface area contributed by atoms with E-state index < -0.39 is 0 Å². The van der Waals surface area contributed by atoms with Crippen LogP contribution in [-0.2, 0) is 13.0 Å². The molecule has 10 heteroatoms. The number of ether oxygens (including phenoxy) is 1. The fraction of sp³-hybridized carbons (Fsp3) is 0.217. The standard InChI is InChI=1S/C23H21N9O/c24-10-9-15-3-7-18(8-4-15)33-23-29-21(26-14-16-2-1-11-25-13-16)28-22(30-23)27-20-12-19(31-32-20)17-5-6-17/h1-4,7-8,11-13,17H,5-6,9,14H2,(H3,26,27,28,29,30,31,32). The molecule has 3 N–H and O–H groups in total. The fourth-order valence-electron chi connectivity index (χ4n) is 3.21. The van der Waals surface area contributed by atoms with E-state index in [0.29, 0.717) is 42.3 Å². The van der Waals surface area contributed by atoms with Gasteiger partial charge in [0.15, 0.2) is 5.82 Å². The molecule has 1 fully saturated rings. The van der Waals surface area contributed by atoms with Gasteiger partial charge in [0, 0.05) is 36.6 Å². The molecule has 1 aromatic carbocycles. The Morgan fingerprint density at radius 3 is 2.67 bits per heavy atom. The molecule has 33 heavy (non-hydrogen) atoms. The Morgan fingerprint density at radius 1 is 1.06 bits per heavy atom. The van der Waals surface area contributed by atoms with E-state index in [9.17, 15) is 0 Å². The smallest absolute Gasteiger partial charge is 0.328 e. The number of hydrogen-bond acceptors (Lipinski definition) is 9. The summed E-state index contributed by atoms with van der Waals surface area (Å²) in [5, 5.41) is 22.5. The third kappa shape index (κ3) is 5.40. The molecule has 0 radical (unpaired) electrons. The zero-order chi connectivity index (χ0) is 22.5. The van der Waals surface area contributed by atoms with Gasteiger partial charge < -0.3 is 15.4 Å². The van der Waals surface area contributed by atoms with Crippen molar-refractivity contribution >= 4 is 17.7 Å². The lowest BCUT2D eigenvalue weighted by Gasteiger charge is -2.10. The summed E-state index contributed by atoms with van der Waals surface area (Å²) in [5.74, 6) is 2.41. The van der Waals surface area contributed by atoms with E-state index in [1.165, 1.54) is 12.8 Å². The van der Waals surface area contributed by atoms with Gasteiger partial charge in [0.2, 0.25) is 11.9 Å². The van der Waals surface area contributed by atoms with Crippen LogP contribution in [0.2, 0.25) is 0 Å². The minimum atomic E-state index is 0.132. The average Bonchev–Trinajstić information content (AvgIpc) is 3.59. The minimum absolute atomic E-state index is 0.132. The first kappa shape index (κ1) is 20.4. The molecule has 164 valence electrons. The summed E-state index contributed by atoms with van der Waals surface area (Å²) >= 11 is 0. The summed E-state index contributed by atoms with van der Waals surface area (Å²) in [7, 11) is 0. The second-order valence-electron chi connectivity index (χ2n) is 7.67. The van der Waals surface area contributed by atoms with Crippen LogP contribution in [0, 0.1) is 11.3 Å². The molecule has 0 saturated heterocycles. The molecule has 1 aliphatic carbocycles. The van der Waals surface area contributed by atoms with Gasteiger partial charge >= 0.3 is 6.01 Å². The van der Waals surface area contributed by atoms with Crippen molar-refractivity contribution in [3.8, 4) is 17.8 Å². The molecule has 1 aliphatic rings. The van der Waals surface area contributed by atoms with Gasteiger partial charge in [-0.25, -0.2) is 0 Å². The molecule has 0 unspecified atom stereocenters. The quantitative estimate of drug-likeness (QED) is 0.352. The maximum absolute atomic E-state index is 8.84. The zero-order valence-corrected chi connectivity index (χ0v) is 17.7. The van der Waals surface area contributed by atoms with E-state index in [1.807, 2.05) is 30.3 Å². The number of benzene rings is 1. The molecular formula is C23H21N9O. The van der Waals surface area contributed by atoms with Crippen LogP contribution >= 0.6 is 0 Å². The van der Waals surface area contributed by atoms with Crippen molar-refractivity contribution in [2.45, 2.75) is 31.7 Å². The van der Waals surface area contributed by atoms with Gasteiger partial charge in [0.25, 0.3) is 0 Å². The fourth-order valence-corrected chi connectivity index (χ4v) is 3.21. The van der Waals surface area contributed by atoms with Crippen LogP contribution < -0.4 is 15.4 Å². The molecule has 0 spiro atoms. The van der Waals surface area contributed by atoms with E-state index in [0.717, 1.165) is 16.8 Å². The molecule has 0 amide bonds. The third-order valence-electron chi connectivity index (χ3n) is 5.06. The number of aromatic nitrogens is 6. The van der Waals surface area contributed by atoms with Crippen LogP contribution in [0.25, 0.3) is 0 Å². The van der Waals surface area contributed by atoms with Gasteiger partial charge in [-0.3, -0.25) is 10.1 Å². The summed E-state index contributed by atoms with van der Waals surface area (Å²) in [6.45, 7) is 0.494. The first-order valence-electron chi connectivity index (χ1n) is 10.6. The van der Waals surface area contributed by atoms with Crippen molar-refractivity contribution in [2.75, 3.05) is 10.6 Å². The first-order chi connectivity index (χ1) is 16.2. The van der Waals surface area contributed by atoms with Crippen LogP contribution in [0.15, 0.2) is 54.9 Å². The van der Waals surface area contributed by atoms with Crippen LogP contribution in [0.4, 0.5) is 17.7 Å². The Morgan fingerprint density at radius 2 is 1.91 bits per heavy atom. The summed E-state index contributed by atoms with van der Waals surface area (Å²) in [6, 6.07) is 15.3. The van der Waals surface area contributed by atoms with Crippen molar-refractivity contribution in [3.05, 3.63) is 71.7 Å². The van der Waals surface area contributed by atoms with Gasteiger partial charge in [-0.15, -0.1) is 0 Å². The highest BCUT2D eigenvalue weighted by Crippen LogP contribution is 2.39. The topological polar surface area (TPSA) is 137 Å². The molecular weight excluding hydrogens is 418 g/mol. The number of pyridine rings is 1. The highest BCUT2D eigenvalue weighted by molar-refractivity contribution is 5.51. The van der Waals surface area contributed by atoms with Crippen molar-refractivity contribution in [1.29, 1.82) is 5.26 Å². The molecule has 0 aliphatic heterocycles. The number of hydrogen-bond donors (Lipinski definition) is 3. The van der Waals surface area contributed by atoms with Crippen molar-refractivity contribution in [1.82, 2.24) is 30.1 Å². The van der Waals surface area contributed by atoms with Crippen molar-refractivity contribution in [2.24, 2.45) is 0 Å². The highest BCUT2D eigenvalue weighted by atomic mass is 16.5. The van der Waals surface area contributed by atoms with Gasteiger partial charge in [-0.2, -0.15) is 25.3 Å². The Labute approximate surface area is 190 Å². The average molecular weight is 439 g/mol. The molecule has 4 aromatic rings. The summed E-state index contributed by atoms with van der Waals surface area (Å²) in [6.07, 6.45) is 6.20. The molecule has 0 atom stereocenters. The van der Waals surface area contributed by atoms with Crippen LogP contribution in [-0.4, -0.2) is 30.1 Å². The number of nitriles is 1. The van der Waals surface area contributed by atoms with Crippen molar-refractivity contribution in [3.63, 3.8) is 0 Å². The third-order valence-corrected chi connectivity index (χ3v) is 5.06. The van der Waals surface area contributed by atoms with Gasteiger partial charge in [0.1, 0.15) is 5.75 Å². The maximum Gasteiger partial charge on any atom is 0.328 e. The lowest BCUT2D eigenvalue weighted by molar-refractivity contribution is 0.441. The van der Waals surface area contributed by atoms with Gasteiger partial charge in [0.05, 0.1) is 12.5 Å².